The monoisotopic (exact) mass is 354 g/mol. The molecule has 1 aromatic heterocycles. The van der Waals surface area contributed by atoms with Crippen molar-refractivity contribution in [1.29, 1.82) is 0 Å². The van der Waals surface area contributed by atoms with Crippen LogP contribution >= 0.6 is 11.3 Å². The van der Waals surface area contributed by atoms with Gasteiger partial charge in [0.1, 0.15) is 0 Å². The molecule has 25 heavy (non-hydrogen) atoms. The number of carbonyl (C=O) groups is 2. The predicted molar refractivity (Wildman–Crippen MR) is 98.6 cm³/mol. The van der Waals surface area contributed by atoms with Crippen LogP contribution in [-0.4, -0.2) is 35.3 Å². The summed E-state index contributed by atoms with van der Waals surface area (Å²) in [5.41, 5.74) is 1.20. The van der Waals surface area contributed by atoms with E-state index >= 15 is 0 Å². The molecule has 1 saturated heterocycles. The standard InChI is InChI=1S/C20H22N2O2S/c23-19(9-8-14-5-2-1-3-6-14)22-13-15-11-16(17(22)12-15)21-20(24)18-7-4-10-25-18/h1-7,10,15-17H,8-9,11-13H2,(H,21,24). The number of rotatable bonds is 5. The van der Waals surface area contributed by atoms with E-state index in [0.29, 0.717) is 12.3 Å². The second-order valence-corrected chi connectivity index (χ2v) is 7.94. The molecule has 1 saturated carbocycles. The second-order valence-electron chi connectivity index (χ2n) is 6.99. The van der Waals surface area contributed by atoms with Crippen molar-refractivity contribution in [1.82, 2.24) is 10.2 Å². The van der Waals surface area contributed by atoms with E-state index in [9.17, 15) is 9.59 Å². The molecule has 2 amide bonds. The lowest BCUT2D eigenvalue weighted by Gasteiger charge is -2.33. The number of nitrogens with zero attached hydrogens (tertiary/aromatic N) is 1. The minimum Gasteiger partial charge on any atom is -0.347 e. The first kappa shape index (κ1) is 16.3. The molecule has 4 nitrogen and oxygen atoms in total. The van der Waals surface area contributed by atoms with Gasteiger partial charge in [0.15, 0.2) is 0 Å². The topological polar surface area (TPSA) is 49.4 Å². The Bertz CT molecular complexity index is 744. The van der Waals surface area contributed by atoms with Crippen LogP contribution in [0, 0.1) is 5.92 Å². The van der Waals surface area contributed by atoms with Crippen LogP contribution in [0.1, 0.15) is 34.5 Å². The van der Waals surface area contributed by atoms with Crippen LogP contribution in [0.25, 0.3) is 0 Å². The molecule has 3 unspecified atom stereocenters. The molecule has 1 N–H and O–H groups in total. The maximum atomic E-state index is 12.7. The Morgan fingerprint density at radius 2 is 1.96 bits per heavy atom. The molecule has 130 valence electrons. The average Bonchev–Trinajstić information content (AvgIpc) is 3.37. The van der Waals surface area contributed by atoms with Gasteiger partial charge in [0.25, 0.3) is 5.91 Å². The van der Waals surface area contributed by atoms with Crippen molar-refractivity contribution in [3.63, 3.8) is 0 Å². The molecule has 2 bridgehead atoms. The van der Waals surface area contributed by atoms with Gasteiger partial charge in [-0.25, -0.2) is 0 Å². The van der Waals surface area contributed by atoms with E-state index in [1.54, 1.807) is 0 Å². The van der Waals surface area contributed by atoms with Crippen molar-refractivity contribution >= 4 is 23.2 Å². The Kier molecular flexibility index (Phi) is 4.57. The summed E-state index contributed by atoms with van der Waals surface area (Å²) in [4.78, 5) is 27.8. The van der Waals surface area contributed by atoms with E-state index in [4.69, 9.17) is 0 Å². The zero-order chi connectivity index (χ0) is 17.2. The summed E-state index contributed by atoms with van der Waals surface area (Å²) in [6.45, 7) is 0.851. The number of hydrogen-bond acceptors (Lipinski definition) is 3. The van der Waals surface area contributed by atoms with Crippen molar-refractivity contribution in [3.05, 3.63) is 58.3 Å². The highest BCUT2D eigenvalue weighted by atomic mass is 32.1. The van der Waals surface area contributed by atoms with Crippen molar-refractivity contribution in [2.24, 2.45) is 5.92 Å². The molecule has 1 aliphatic heterocycles. The largest absolute Gasteiger partial charge is 0.347 e. The Morgan fingerprint density at radius 3 is 2.68 bits per heavy atom. The maximum Gasteiger partial charge on any atom is 0.261 e. The van der Waals surface area contributed by atoms with Gasteiger partial charge in [0.05, 0.1) is 10.9 Å². The Morgan fingerprint density at radius 1 is 1.12 bits per heavy atom. The van der Waals surface area contributed by atoms with E-state index in [1.165, 1.54) is 16.9 Å². The van der Waals surface area contributed by atoms with Gasteiger partial charge in [-0.1, -0.05) is 36.4 Å². The van der Waals surface area contributed by atoms with Gasteiger partial charge in [-0.3, -0.25) is 9.59 Å². The molecule has 2 heterocycles. The molecule has 2 fully saturated rings. The SMILES string of the molecule is O=C(NC1CC2CC1N(C(=O)CCc1ccccc1)C2)c1cccs1. The minimum atomic E-state index is -0.00997. The second kappa shape index (κ2) is 7.00. The lowest BCUT2D eigenvalue weighted by atomic mass is 10.0. The summed E-state index contributed by atoms with van der Waals surface area (Å²) in [5, 5.41) is 5.06. The molecule has 0 spiro atoms. The number of nitrogens with one attached hydrogen (secondary N) is 1. The Balaban J connectivity index is 1.35. The van der Waals surface area contributed by atoms with Gasteiger partial charge in [0.2, 0.25) is 5.91 Å². The molecule has 2 aromatic rings. The normalized spacial score (nSPS) is 24.5. The first-order valence-corrected chi connectivity index (χ1v) is 9.76. The van der Waals surface area contributed by atoms with Crippen LogP contribution in [0.2, 0.25) is 0 Å². The molecule has 1 aliphatic carbocycles. The number of hydrogen-bond donors (Lipinski definition) is 1. The van der Waals surface area contributed by atoms with Crippen molar-refractivity contribution in [2.45, 2.75) is 37.8 Å². The fourth-order valence-corrected chi connectivity index (χ4v) is 4.78. The number of aryl methyl sites for hydroxylation is 1. The van der Waals surface area contributed by atoms with E-state index in [-0.39, 0.29) is 23.9 Å². The number of benzene rings is 1. The lowest BCUT2D eigenvalue weighted by molar-refractivity contribution is -0.133. The van der Waals surface area contributed by atoms with Crippen LogP contribution in [0.4, 0.5) is 0 Å². The summed E-state index contributed by atoms with van der Waals surface area (Å²) < 4.78 is 0. The van der Waals surface area contributed by atoms with Gasteiger partial charge >= 0.3 is 0 Å². The Hall–Kier alpha value is -2.14. The summed E-state index contributed by atoms with van der Waals surface area (Å²) >= 11 is 1.45. The third kappa shape index (κ3) is 3.47. The zero-order valence-electron chi connectivity index (χ0n) is 14.1. The van der Waals surface area contributed by atoms with Crippen LogP contribution < -0.4 is 5.32 Å². The smallest absolute Gasteiger partial charge is 0.261 e. The van der Waals surface area contributed by atoms with E-state index < -0.39 is 0 Å². The molecular weight excluding hydrogens is 332 g/mol. The van der Waals surface area contributed by atoms with Gasteiger partial charge in [0, 0.05) is 19.0 Å². The minimum absolute atomic E-state index is 0.00997. The predicted octanol–water partition coefficient (Wildman–Crippen LogP) is 3.10. The third-order valence-electron chi connectivity index (χ3n) is 5.33. The van der Waals surface area contributed by atoms with Gasteiger partial charge < -0.3 is 10.2 Å². The maximum absolute atomic E-state index is 12.7. The molecule has 4 rings (SSSR count). The molecule has 1 aromatic carbocycles. The highest BCUT2D eigenvalue weighted by molar-refractivity contribution is 7.12. The van der Waals surface area contributed by atoms with E-state index in [2.05, 4.69) is 17.4 Å². The first-order chi connectivity index (χ1) is 12.2. The van der Waals surface area contributed by atoms with Crippen LogP contribution in [0.15, 0.2) is 47.8 Å². The van der Waals surface area contributed by atoms with Gasteiger partial charge in [-0.15, -0.1) is 11.3 Å². The van der Waals surface area contributed by atoms with Crippen LogP contribution in [0.3, 0.4) is 0 Å². The third-order valence-corrected chi connectivity index (χ3v) is 6.20. The van der Waals surface area contributed by atoms with Gasteiger partial charge in [-0.05, 0) is 42.2 Å². The molecule has 0 radical (unpaired) electrons. The summed E-state index contributed by atoms with van der Waals surface area (Å²) in [6, 6.07) is 14.1. The van der Waals surface area contributed by atoms with E-state index in [1.807, 2.05) is 40.6 Å². The quantitative estimate of drug-likeness (QED) is 0.897. The fraction of sp³-hybridized carbons (Fsp3) is 0.400. The van der Waals surface area contributed by atoms with E-state index in [0.717, 1.165) is 30.7 Å². The molecule has 5 heteroatoms. The summed E-state index contributed by atoms with van der Waals surface area (Å²) in [6.07, 6.45) is 3.33. The zero-order valence-corrected chi connectivity index (χ0v) is 14.9. The van der Waals surface area contributed by atoms with Crippen molar-refractivity contribution < 1.29 is 9.59 Å². The number of fused-ring (bicyclic) bond motifs is 2. The number of thiophene rings is 1. The van der Waals surface area contributed by atoms with Crippen LogP contribution in [-0.2, 0) is 11.2 Å². The van der Waals surface area contributed by atoms with Crippen LogP contribution in [0.5, 0.6) is 0 Å². The lowest BCUT2D eigenvalue weighted by Crippen LogP contribution is -2.51. The van der Waals surface area contributed by atoms with Gasteiger partial charge in [-0.2, -0.15) is 0 Å². The fourth-order valence-electron chi connectivity index (χ4n) is 4.15. The number of amides is 2. The Labute approximate surface area is 151 Å². The number of carbonyl (C=O) groups excluding carboxylic acids is 2. The molecule has 2 aliphatic rings. The highest BCUT2D eigenvalue weighted by Gasteiger charge is 2.47. The highest BCUT2D eigenvalue weighted by Crippen LogP contribution is 2.38. The summed E-state index contributed by atoms with van der Waals surface area (Å²) in [7, 11) is 0. The van der Waals surface area contributed by atoms with Crippen molar-refractivity contribution in [3.8, 4) is 0 Å². The first-order valence-electron chi connectivity index (χ1n) is 8.88. The number of likely N-dealkylation sites (tertiary alicyclic amines) is 1. The number of piperidine rings is 1. The summed E-state index contributed by atoms with van der Waals surface area (Å²) in [5.74, 6) is 0.731. The average molecular weight is 354 g/mol. The van der Waals surface area contributed by atoms with Crippen molar-refractivity contribution in [2.75, 3.05) is 6.54 Å². The molecular formula is C20H22N2O2S. The molecule has 3 atom stereocenters.